The van der Waals surface area contributed by atoms with E-state index >= 15 is 0 Å². The summed E-state index contributed by atoms with van der Waals surface area (Å²) >= 11 is 7.97. The SMILES string of the molecule is C/C(=N/NC(=O)CSc1nnc(SCc2cccc3ccccc23)s1)c1cccc(Br)c1. The Labute approximate surface area is 207 Å². The molecule has 0 aliphatic carbocycles. The predicted octanol–water partition coefficient (Wildman–Crippen LogP) is 6.38. The highest BCUT2D eigenvalue weighted by Crippen LogP contribution is 2.32. The van der Waals surface area contributed by atoms with E-state index in [-0.39, 0.29) is 11.7 Å². The Kier molecular flexibility index (Phi) is 7.96. The zero-order valence-corrected chi connectivity index (χ0v) is 21.2. The van der Waals surface area contributed by atoms with E-state index in [4.69, 9.17) is 0 Å². The van der Waals surface area contributed by atoms with Gasteiger partial charge in [0.25, 0.3) is 5.91 Å². The summed E-state index contributed by atoms with van der Waals surface area (Å²) in [5.41, 5.74) is 5.57. The van der Waals surface area contributed by atoms with Crippen LogP contribution in [-0.2, 0) is 10.5 Å². The van der Waals surface area contributed by atoms with E-state index in [9.17, 15) is 4.79 Å². The summed E-state index contributed by atoms with van der Waals surface area (Å²) in [4.78, 5) is 12.2. The number of carbonyl (C=O) groups is 1. The molecule has 4 aromatic rings. The van der Waals surface area contributed by atoms with Gasteiger partial charge in [-0.3, -0.25) is 4.79 Å². The third kappa shape index (κ3) is 6.19. The van der Waals surface area contributed by atoms with E-state index in [1.807, 2.05) is 31.2 Å². The fourth-order valence-corrected chi connectivity index (χ4v) is 6.17. The first-order chi connectivity index (χ1) is 15.6. The minimum absolute atomic E-state index is 0.176. The highest BCUT2D eigenvalue weighted by molar-refractivity contribution is 9.10. The highest BCUT2D eigenvalue weighted by atomic mass is 79.9. The van der Waals surface area contributed by atoms with Gasteiger partial charge in [0.1, 0.15) is 0 Å². The number of hydrazone groups is 1. The monoisotopic (exact) mass is 542 g/mol. The molecule has 1 aromatic heterocycles. The Morgan fingerprint density at radius 1 is 1.03 bits per heavy atom. The number of rotatable bonds is 8. The molecule has 0 atom stereocenters. The molecule has 0 radical (unpaired) electrons. The Morgan fingerprint density at radius 3 is 2.62 bits per heavy atom. The van der Waals surface area contributed by atoms with Crippen LogP contribution in [0.4, 0.5) is 0 Å². The fraction of sp³-hybridized carbons (Fsp3) is 0.130. The molecule has 0 bridgehead atoms. The van der Waals surface area contributed by atoms with Crippen molar-refractivity contribution < 1.29 is 4.79 Å². The summed E-state index contributed by atoms with van der Waals surface area (Å²) in [7, 11) is 0. The molecule has 1 N–H and O–H groups in total. The van der Waals surface area contributed by atoms with Crippen LogP contribution in [0.3, 0.4) is 0 Å². The second-order valence-corrected chi connectivity index (χ2v) is 11.1. The van der Waals surface area contributed by atoms with Crippen LogP contribution in [-0.4, -0.2) is 27.6 Å². The standard InChI is InChI=1S/C23H19BrN4OS3/c1-15(17-8-5-10-19(24)12-17)25-26-21(29)14-31-23-28-27-22(32-23)30-13-18-9-4-7-16-6-2-3-11-20(16)18/h2-12H,13-14H2,1H3,(H,26,29)/b25-15-. The quantitative estimate of drug-likeness (QED) is 0.159. The van der Waals surface area contributed by atoms with Crippen molar-refractivity contribution in [3.05, 3.63) is 82.3 Å². The molecule has 0 fully saturated rings. The molecular formula is C23H19BrN4OS3. The normalized spacial score (nSPS) is 11.6. The van der Waals surface area contributed by atoms with Crippen molar-refractivity contribution in [2.24, 2.45) is 5.10 Å². The van der Waals surface area contributed by atoms with Crippen LogP contribution in [0, 0.1) is 0 Å². The Bertz CT molecular complexity index is 1270. The summed E-state index contributed by atoms with van der Waals surface area (Å²) in [6, 6.07) is 22.5. The van der Waals surface area contributed by atoms with Crippen molar-refractivity contribution in [2.75, 3.05) is 5.75 Å². The van der Waals surface area contributed by atoms with Crippen LogP contribution in [0.2, 0.25) is 0 Å². The fourth-order valence-electron chi connectivity index (χ4n) is 2.96. The topological polar surface area (TPSA) is 67.2 Å². The van der Waals surface area contributed by atoms with Crippen molar-refractivity contribution in [3.8, 4) is 0 Å². The molecule has 4 rings (SSSR count). The lowest BCUT2D eigenvalue weighted by Crippen LogP contribution is -2.21. The van der Waals surface area contributed by atoms with Crippen molar-refractivity contribution in [1.82, 2.24) is 15.6 Å². The number of hydrogen-bond acceptors (Lipinski definition) is 7. The summed E-state index contributed by atoms with van der Waals surface area (Å²) in [6.45, 7) is 1.86. The molecule has 0 unspecified atom stereocenters. The molecule has 0 aliphatic heterocycles. The first kappa shape index (κ1) is 23.0. The van der Waals surface area contributed by atoms with Gasteiger partial charge in [0.05, 0.1) is 11.5 Å². The minimum Gasteiger partial charge on any atom is -0.272 e. The van der Waals surface area contributed by atoms with Crippen LogP contribution in [0.1, 0.15) is 18.1 Å². The van der Waals surface area contributed by atoms with Crippen LogP contribution < -0.4 is 5.43 Å². The van der Waals surface area contributed by atoms with Gasteiger partial charge in [0, 0.05) is 10.2 Å². The van der Waals surface area contributed by atoms with Crippen molar-refractivity contribution in [1.29, 1.82) is 0 Å². The lowest BCUT2D eigenvalue weighted by atomic mass is 10.1. The number of carbonyl (C=O) groups excluding carboxylic acids is 1. The van der Waals surface area contributed by atoms with Gasteiger partial charge >= 0.3 is 0 Å². The third-order valence-electron chi connectivity index (χ3n) is 4.54. The second kappa shape index (κ2) is 11.1. The molecule has 1 heterocycles. The number of amides is 1. The number of halogens is 1. The third-order valence-corrected chi connectivity index (χ3v) is 8.27. The maximum Gasteiger partial charge on any atom is 0.250 e. The first-order valence-electron chi connectivity index (χ1n) is 9.73. The van der Waals surface area contributed by atoms with Gasteiger partial charge in [-0.25, -0.2) is 5.43 Å². The van der Waals surface area contributed by atoms with E-state index in [2.05, 4.69) is 79.1 Å². The molecule has 0 saturated heterocycles. The molecule has 162 valence electrons. The van der Waals surface area contributed by atoms with Gasteiger partial charge in [-0.15, -0.1) is 10.2 Å². The smallest absolute Gasteiger partial charge is 0.250 e. The predicted molar refractivity (Wildman–Crippen MR) is 139 cm³/mol. The molecule has 5 nitrogen and oxygen atoms in total. The van der Waals surface area contributed by atoms with Crippen LogP contribution in [0.15, 0.2) is 85.0 Å². The summed E-state index contributed by atoms with van der Waals surface area (Å²) in [6.07, 6.45) is 0. The van der Waals surface area contributed by atoms with E-state index in [0.29, 0.717) is 0 Å². The van der Waals surface area contributed by atoms with Crippen LogP contribution in [0.5, 0.6) is 0 Å². The molecule has 1 amide bonds. The van der Waals surface area contributed by atoms with Gasteiger partial charge < -0.3 is 0 Å². The lowest BCUT2D eigenvalue weighted by molar-refractivity contribution is -0.118. The number of fused-ring (bicyclic) bond motifs is 1. The van der Waals surface area contributed by atoms with Crippen molar-refractivity contribution in [2.45, 2.75) is 21.4 Å². The highest BCUT2D eigenvalue weighted by Gasteiger charge is 2.10. The van der Waals surface area contributed by atoms with E-state index in [1.54, 1.807) is 11.8 Å². The number of nitrogens with one attached hydrogen (secondary N) is 1. The first-order valence-corrected chi connectivity index (χ1v) is 13.3. The van der Waals surface area contributed by atoms with Gasteiger partial charge in [-0.1, -0.05) is 105 Å². The average Bonchev–Trinajstić information content (AvgIpc) is 3.27. The van der Waals surface area contributed by atoms with Crippen LogP contribution >= 0.6 is 50.8 Å². The Morgan fingerprint density at radius 2 is 1.78 bits per heavy atom. The van der Waals surface area contributed by atoms with E-state index in [0.717, 1.165) is 30.2 Å². The molecule has 9 heteroatoms. The zero-order valence-electron chi connectivity index (χ0n) is 17.1. The molecule has 32 heavy (non-hydrogen) atoms. The second-order valence-electron chi connectivity index (χ2n) is 6.79. The van der Waals surface area contributed by atoms with Gasteiger partial charge in [-0.2, -0.15) is 5.10 Å². The largest absolute Gasteiger partial charge is 0.272 e. The van der Waals surface area contributed by atoms with Crippen molar-refractivity contribution >= 4 is 73.2 Å². The Hall–Kier alpha value is -2.20. The van der Waals surface area contributed by atoms with Gasteiger partial charge in [-0.05, 0) is 41.0 Å². The van der Waals surface area contributed by atoms with Gasteiger partial charge in [0.2, 0.25) is 0 Å². The summed E-state index contributed by atoms with van der Waals surface area (Å²) < 4.78 is 2.63. The van der Waals surface area contributed by atoms with E-state index in [1.165, 1.54) is 39.4 Å². The number of thioether (sulfide) groups is 2. The molecule has 3 aromatic carbocycles. The number of aromatic nitrogens is 2. The number of benzene rings is 3. The molecular weight excluding hydrogens is 524 g/mol. The molecule has 0 saturated carbocycles. The van der Waals surface area contributed by atoms with Crippen molar-refractivity contribution in [3.63, 3.8) is 0 Å². The number of hydrogen-bond donors (Lipinski definition) is 1. The maximum atomic E-state index is 12.2. The van der Waals surface area contributed by atoms with E-state index < -0.39 is 0 Å². The minimum atomic E-state index is -0.176. The van der Waals surface area contributed by atoms with Crippen LogP contribution in [0.25, 0.3) is 10.8 Å². The zero-order chi connectivity index (χ0) is 22.3. The summed E-state index contributed by atoms with van der Waals surface area (Å²) in [5.74, 6) is 0.882. The molecule has 0 spiro atoms. The van der Waals surface area contributed by atoms with Gasteiger partial charge in [0.15, 0.2) is 8.68 Å². The molecule has 0 aliphatic rings. The summed E-state index contributed by atoms with van der Waals surface area (Å²) in [5, 5.41) is 15.2. The average molecular weight is 544 g/mol. The maximum absolute atomic E-state index is 12.2. The lowest BCUT2D eigenvalue weighted by Gasteiger charge is -2.04. The Balaban J connectivity index is 1.28. The number of nitrogens with zero attached hydrogens (tertiary/aromatic N) is 3.